The number of aliphatic hydroxyl groups excluding tert-OH is 1. The first-order valence-electron chi connectivity index (χ1n) is 10.8. The maximum absolute atomic E-state index is 13.0. The van der Waals surface area contributed by atoms with Gasteiger partial charge in [0.25, 0.3) is 11.7 Å². The van der Waals surface area contributed by atoms with E-state index < -0.39 is 17.7 Å². The zero-order chi connectivity index (χ0) is 22.7. The molecule has 1 fully saturated rings. The number of likely N-dealkylation sites (tertiary alicyclic amines) is 1. The van der Waals surface area contributed by atoms with Crippen LogP contribution in [0.15, 0.2) is 48.0 Å². The third-order valence-corrected chi connectivity index (χ3v) is 5.88. The summed E-state index contributed by atoms with van der Waals surface area (Å²) in [7, 11) is 1.59. The number of methoxy groups -OCH3 is 1. The zero-order valence-corrected chi connectivity index (χ0v) is 18.9. The summed E-state index contributed by atoms with van der Waals surface area (Å²) in [6.45, 7) is 8.62. The summed E-state index contributed by atoms with van der Waals surface area (Å²) in [5.74, 6) is -0.275. The van der Waals surface area contributed by atoms with Crippen molar-refractivity contribution in [3.05, 3.63) is 70.3 Å². The summed E-state index contributed by atoms with van der Waals surface area (Å²) < 4.78 is 5.30. The van der Waals surface area contributed by atoms with E-state index in [0.29, 0.717) is 23.8 Å². The summed E-state index contributed by atoms with van der Waals surface area (Å²) in [6.07, 6.45) is 1.69. The number of hydrogen-bond donors (Lipinski definition) is 1. The fraction of sp³-hybridized carbons (Fsp3) is 0.385. The summed E-state index contributed by atoms with van der Waals surface area (Å²) in [5, 5.41) is 11.2. The number of unbranched alkanes of at least 4 members (excludes halogenated alkanes) is 1. The van der Waals surface area contributed by atoms with Crippen LogP contribution in [0.4, 0.5) is 0 Å². The number of ether oxygens (including phenoxy) is 1. The molecule has 1 atom stereocenters. The molecule has 0 bridgehead atoms. The summed E-state index contributed by atoms with van der Waals surface area (Å²) in [6, 6.07) is 12.6. The highest BCUT2D eigenvalue weighted by atomic mass is 16.5. The van der Waals surface area contributed by atoms with Crippen molar-refractivity contribution in [2.24, 2.45) is 0 Å². The minimum Gasteiger partial charge on any atom is -0.507 e. The van der Waals surface area contributed by atoms with Crippen molar-refractivity contribution >= 4 is 17.4 Å². The predicted molar refractivity (Wildman–Crippen MR) is 122 cm³/mol. The second-order valence-electron chi connectivity index (χ2n) is 8.35. The molecule has 3 rings (SSSR count). The zero-order valence-electron chi connectivity index (χ0n) is 18.9. The summed E-state index contributed by atoms with van der Waals surface area (Å²) in [4.78, 5) is 27.5. The molecule has 2 aromatic carbocycles. The molecule has 5 nitrogen and oxygen atoms in total. The molecule has 0 aromatic heterocycles. The Morgan fingerprint density at radius 2 is 1.81 bits per heavy atom. The molecule has 1 aliphatic rings. The molecule has 1 amide bonds. The van der Waals surface area contributed by atoms with Gasteiger partial charge in [0.15, 0.2) is 0 Å². The van der Waals surface area contributed by atoms with Crippen molar-refractivity contribution in [3.63, 3.8) is 0 Å². The normalized spacial score (nSPS) is 18.1. The lowest BCUT2D eigenvalue weighted by Gasteiger charge is -2.25. The molecule has 1 heterocycles. The Labute approximate surface area is 184 Å². The average Bonchev–Trinajstić information content (AvgIpc) is 3.01. The lowest BCUT2D eigenvalue weighted by atomic mass is 9.93. The van der Waals surface area contributed by atoms with Crippen LogP contribution in [0.1, 0.15) is 67.8 Å². The maximum atomic E-state index is 13.0. The number of ketones is 1. The minimum absolute atomic E-state index is 0.142. The quantitative estimate of drug-likeness (QED) is 0.372. The smallest absolute Gasteiger partial charge is 0.295 e. The number of rotatable bonds is 7. The van der Waals surface area contributed by atoms with E-state index in [1.165, 1.54) is 5.56 Å². The molecule has 0 spiro atoms. The van der Waals surface area contributed by atoms with E-state index in [1.807, 2.05) is 38.1 Å². The van der Waals surface area contributed by atoms with E-state index in [1.54, 1.807) is 30.2 Å². The van der Waals surface area contributed by atoms with Crippen molar-refractivity contribution in [1.82, 2.24) is 4.90 Å². The Kier molecular flexibility index (Phi) is 6.84. The van der Waals surface area contributed by atoms with Crippen LogP contribution in [0, 0.1) is 6.92 Å². The van der Waals surface area contributed by atoms with Gasteiger partial charge in [-0.25, -0.2) is 0 Å². The van der Waals surface area contributed by atoms with Crippen molar-refractivity contribution in [2.75, 3.05) is 13.7 Å². The van der Waals surface area contributed by atoms with Gasteiger partial charge in [-0.1, -0.05) is 51.5 Å². The molecule has 164 valence electrons. The van der Waals surface area contributed by atoms with Gasteiger partial charge < -0.3 is 14.7 Å². The molecule has 1 saturated heterocycles. The van der Waals surface area contributed by atoms with Crippen molar-refractivity contribution in [1.29, 1.82) is 0 Å². The predicted octanol–water partition coefficient (Wildman–Crippen LogP) is 5.35. The number of aryl methyl sites for hydroxylation is 1. The number of benzene rings is 2. The van der Waals surface area contributed by atoms with Gasteiger partial charge in [-0.2, -0.15) is 0 Å². The Hall–Kier alpha value is -3.08. The molecule has 31 heavy (non-hydrogen) atoms. The van der Waals surface area contributed by atoms with Crippen LogP contribution >= 0.6 is 0 Å². The molecule has 0 radical (unpaired) electrons. The highest BCUT2D eigenvalue weighted by Gasteiger charge is 2.45. The Morgan fingerprint density at radius 3 is 2.35 bits per heavy atom. The van der Waals surface area contributed by atoms with Crippen molar-refractivity contribution < 1.29 is 19.4 Å². The van der Waals surface area contributed by atoms with E-state index in [0.717, 1.165) is 24.0 Å². The highest BCUT2D eigenvalue weighted by molar-refractivity contribution is 6.46. The van der Waals surface area contributed by atoms with Crippen molar-refractivity contribution in [2.45, 2.75) is 52.5 Å². The van der Waals surface area contributed by atoms with Crippen LogP contribution < -0.4 is 4.74 Å². The summed E-state index contributed by atoms with van der Waals surface area (Å²) >= 11 is 0. The van der Waals surface area contributed by atoms with Crippen LogP contribution in [0.3, 0.4) is 0 Å². The third-order valence-electron chi connectivity index (χ3n) is 5.88. The van der Waals surface area contributed by atoms with Gasteiger partial charge in [0.2, 0.25) is 0 Å². The van der Waals surface area contributed by atoms with Gasteiger partial charge >= 0.3 is 0 Å². The number of hydrogen-bond acceptors (Lipinski definition) is 4. The van der Waals surface area contributed by atoms with E-state index in [4.69, 9.17) is 4.74 Å². The molecule has 1 aliphatic heterocycles. The van der Waals surface area contributed by atoms with Crippen molar-refractivity contribution in [3.8, 4) is 5.75 Å². The van der Waals surface area contributed by atoms with Gasteiger partial charge in [-0.3, -0.25) is 9.59 Å². The van der Waals surface area contributed by atoms with E-state index in [-0.39, 0.29) is 11.3 Å². The van der Waals surface area contributed by atoms with Crippen LogP contribution in [-0.2, 0) is 9.59 Å². The second-order valence-corrected chi connectivity index (χ2v) is 8.35. The Morgan fingerprint density at radius 1 is 1.13 bits per heavy atom. The molecule has 1 unspecified atom stereocenters. The largest absolute Gasteiger partial charge is 0.507 e. The second kappa shape index (κ2) is 9.38. The van der Waals surface area contributed by atoms with Gasteiger partial charge in [0.05, 0.1) is 18.7 Å². The lowest BCUT2D eigenvalue weighted by molar-refractivity contribution is -0.139. The van der Waals surface area contributed by atoms with Gasteiger partial charge in [-0.05, 0) is 54.2 Å². The van der Waals surface area contributed by atoms with E-state index in [9.17, 15) is 14.7 Å². The molecule has 5 heteroatoms. The summed E-state index contributed by atoms with van der Waals surface area (Å²) in [5.41, 5.74) is 3.48. The SMILES string of the molecule is CCCCN1C(=O)C(=O)/C(=C(\O)c2ccc(OC)c(C)c2)C1c1ccc(C(C)C)cc1. The minimum atomic E-state index is -0.639. The van der Waals surface area contributed by atoms with Crippen LogP contribution in [0.2, 0.25) is 0 Å². The van der Waals surface area contributed by atoms with Gasteiger partial charge in [0.1, 0.15) is 11.5 Å². The fourth-order valence-corrected chi connectivity index (χ4v) is 4.03. The molecular formula is C26H31NO4. The molecule has 2 aromatic rings. The van der Waals surface area contributed by atoms with E-state index >= 15 is 0 Å². The monoisotopic (exact) mass is 421 g/mol. The first-order chi connectivity index (χ1) is 14.8. The molecular weight excluding hydrogens is 390 g/mol. The number of nitrogens with zero attached hydrogens (tertiary/aromatic N) is 1. The maximum Gasteiger partial charge on any atom is 0.295 e. The lowest BCUT2D eigenvalue weighted by Crippen LogP contribution is -2.30. The number of aliphatic hydroxyl groups is 1. The Balaban J connectivity index is 2.14. The standard InChI is InChI=1S/C26H31NO4/c1-6-7-14-27-23(19-10-8-18(9-11-19)16(2)3)22(25(29)26(27)30)24(28)20-12-13-21(31-5)17(4)15-20/h8-13,15-16,23,28H,6-7,14H2,1-5H3/b24-22-. The number of Topliss-reactive ketones (excluding diaryl/α,β-unsaturated/α-hetero) is 1. The number of carbonyl (C=O) groups is 2. The van der Waals surface area contributed by atoms with Gasteiger partial charge in [0, 0.05) is 12.1 Å². The molecule has 1 N–H and O–H groups in total. The van der Waals surface area contributed by atoms with Crippen LogP contribution in [-0.4, -0.2) is 35.4 Å². The number of carbonyl (C=O) groups excluding carboxylic acids is 2. The topological polar surface area (TPSA) is 66.8 Å². The van der Waals surface area contributed by atoms with Crippen LogP contribution in [0.5, 0.6) is 5.75 Å². The third kappa shape index (κ3) is 4.36. The van der Waals surface area contributed by atoms with E-state index in [2.05, 4.69) is 13.8 Å². The fourth-order valence-electron chi connectivity index (χ4n) is 4.03. The highest BCUT2D eigenvalue weighted by Crippen LogP contribution is 2.40. The first kappa shape index (κ1) is 22.6. The average molecular weight is 422 g/mol. The van der Waals surface area contributed by atoms with Crippen LogP contribution in [0.25, 0.3) is 5.76 Å². The molecule has 0 saturated carbocycles. The number of amides is 1. The molecule has 0 aliphatic carbocycles. The van der Waals surface area contributed by atoms with Gasteiger partial charge in [-0.15, -0.1) is 0 Å². The first-order valence-corrected chi connectivity index (χ1v) is 10.8. The Bertz CT molecular complexity index is 1000.